The van der Waals surface area contributed by atoms with Gasteiger partial charge in [0.1, 0.15) is 5.70 Å². The smallest absolute Gasteiger partial charge is 0.323 e. The number of urea groups is 1. The molecule has 0 radical (unpaired) electrons. The number of benzene rings is 1. The maximum atomic E-state index is 12.4. The molecule has 1 aromatic carbocycles. The summed E-state index contributed by atoms with van der Waals surface area (Å²) in [6.07, 6.45) is 3.97. The van der Waals surface area contributed by atoms with E-state index in [1.807, 2.05) is 6.07 Å². The average molecular weight is 390 g/mol. The molecule has 1 aromatic rings. The summed E-state index contributed by atoms with van der Waals surface area (Å²) in [7, 11) is 0. The second-order valence-electron chi connectivity index (χ2n) is 6.18. The topological polar surface area (TPSA) is 70.2 Å². The third kappa shape index (κ3) is 3.70. The lowest BCUT2D eigenvalue weighted by Gasteiger charge is -2.30. The van der Waals surface area contributed by atoms with Crippen LogP contribution in [0.3, 0.4) is 0 Å². The Morgan fingerprint density at radius 3 is 2.46 bits per heavy atom. The van der Waals surface area contributed by atoms with Crippen LogP contribution in [0.5, 0.6) is 0 Å². The first-order chi connectivity index (χ1) is 11.5. The minimum absolute atomic E-state index is 0.130. The normalized spacial score (nSPS) is 24.2. The van der Waals surface area contributed by atoms with Crippen molar-refractivity contribution in [2.24, 2.45) is 0 Å². The van der Waals surface area contributed by atoms with Gasteiger partial charge in [-0.25, -0.2) is 4.79 Å². The first-order valence-corrected chi connectivity index (χ1v) is 8.86. The van der Waals surface area contributed by atoms with Gasteiger partial charge in [-0.05, 0) is 53.1 Å². The summed E-state index contributed by atoms with van der Waals surface area (Å²) in [4.78, 5) is 23.9. The molecular weight excluding hydrogens is 370 g/mol. The van der Waals surface area contributed by atoms with Crippen LogP contribution in [-0.4, -0.2) is 18.0 Å². The van der Waals surface area contributed by atoms with Gasteiger partial charge >= 0.3 is 6.03 Å². The van der Waals surface area contributed by atoms with E-state index in [2.05, 4.69) is 62.7 Å². The standard InChI is InChI=1S/C18H20BrN3O2/c1-11-15(19)16(22-18(24)20-11)17(23)21-14-9-7-13(8-10-14)12-5-3-2-4-6-12/h2-6,13-14H,1,7-10H2,(H,21,23)(H2,20,22,24). The van der Waals surface area contributed by atoms with Crippen molar-refractivity contribution in [3.63, 3.8) is 0 Å². The third-order valence-electron chi connectivity index (χ3n) is 4.55. The highest BCUT2D eigenvalue weighted by molar-refractivity contribution is 9.12. The minimum atomic E-state index is -0.443. The van der Waals surface area contributed by atoms with Crippen LogP contribution in [0.25, 0.3) is 0 Å². The lowest BCUT2D eigenvalue weighted by Crippen LogP contribution is -2.47. The van der Waals surface area contributed by atoms with Gasteiger partial charge in [-0.15, -0.1) is 0 Å². The first-order valence-electron chi connectivity index (χ1n) is 8.07. The van der Waals surface area contributed by atoms with E-state index in [0.717, 1.165) is 25.7 Å². The molecule has 0 atom stereocenters. The molecule has 5 nitrogen and oxygen atoms in total. The first kappa shape index (κ1) is 16.8. The van der Waals surface area contributed by atoms with Crippen molar-refractivity contribution < 1.29 is 9.59 Å². The van der Waals surface area contributed by atoms with Gasteiger partial charge in [0, 0.05) is 6.04 Å². The third-order valence-corrected chi connectivity index (χ3v) is 5.42. The Labute approximate surface area is 149 Å². The zero-order valence-electron chi connectivity index (χ0n) is 13.3. The number of carbonyl (C=O) groups excluding carboxylic acids is 2. The maximum absolute atomic E-state index is 12.4. The Morgan fingerprint density at radius 2 is 1.79 bits per heavy atom. The number of rotatable bonds is 3. The van der Waals surface area contributed by atoms with Crippen LogP contribution in [-0.2, 0) is 4.79 Å². The Hall–Kier alpha value is -2.08. The average Bonchev–Trinajstić information content (AvgIpc) is 2.59. The molecular formula is C18H20BrN3O2. The Morgan fingerprint density at radius 1 is 1.12 bits per heavy atom. The second-order valence-corrected chi connectivity index (χ2v) is 6.97. The number of hydrogen-bond donors (Lipinski definition) is 3. The zero-order valence-corrected chi connectivity index (χ0v) is 14.9. The molecule has 1 aliphatic heterocycles. The number of amides is 3. The molecule has 0 bridgehead atoms. The molecule has 0 saturated heterocycles. The second kappa shape index (κ2) is 7.21. The Balaban J connectivity index is 1.58. The molecule has 1 aliphatic carbocycles. The number of halogens is 1. The fraction of sp³-hybridized carbons (Fsp3) is 0.333. The summed E-state index contributed by atoms with van der Waals surface area (Å²) < 4.78 is 0.484. The van der Waals surface area contributed by atoms with Gasteiger partial charge in [0.15, 0.2) is 0 Å². The van der Waals surface area contributed by atoms with E-state index < -0.39 is 6.03 Å². The van der Waals surface area contributed by atoms with E-state index in [4.69, 9.17) is 0 Å². The van der Waals surface area contributed by atoms with E-state index in [0.29, 0.717) is 16.1 Å². The summed E-state index contributed by atoms with van der Waals surface area (Å²) >= 11 is 3.30. The summed E-state index contributed by atoms with van der Waals surface area (Å²) in [5, 5.41) is 8.06. The zero-order chi connectivity index (χ0) is 17.1. The van der Waals surface area contributed by atoms with E-state index in [-0.39, 0.29) is 17.6 Å². The van der Waals surface area contributed by atoms with Gasteiger partial charge in [0.2, 0.25) is 0 Å². The minimum Gasteiger partial charge on any atom is -0.348 e. The van der Waals surface area contributed by atoms with Crippen LogP contribution < -0.4 is 16.0 Å². The Bertz CT molecular complexity index is 691. The van der Waals surface area contributed by atoms with E-state index in [1.165, 1.54) is 5.56 Å². The molecule has 0 spiro atoms. The molecule has 3 N–H and O–H groups in total. The number of carbonyl (C=O) groups is 2. The molecule has 24 heavy (non-hydrogen) atoms. The van der Waals surface area contributed by atoms with Crippen molar-refractivity contribution in [1.29, 1.82) is 0 Å². The van der Waals surface area contributed by atoms with Gasteiger partial charge in [0.25, 0.3) is 5.91 Å². The molecule has 1 saturated carbocycles. The highest BCUT2D eigenvalue weighted by Gasteiger charge is 2.28. The van der Waals surface area contributed by atoms with Gasteiger partial charge in [-0.2, -0.15) is 0 Å². The van der Waals surface area contributed by atoms with Crippen molar-refractivity contribution in [2.75, 3.05) is 0 Å². The monoisotopic (exact) mass is 389 g/mol. The van der Waals surface area contributed by atoms with Gasteiger partial charge in [0.05, 0.1) is 10.2 Å². The molecule has 0 aromatic heterocycles. The van der Waals surface area contributed by atoms with Crippen molar-refractivity contribution in [1.82, 2.24) is 16.0 Å². The molecule has 6 heteroatoms. The maximum Gasteiger partial charge on any atom is 0.323 e. The van der Waals surface area contributed by atoms with E-state index >= 15 is 0 Å². The molecule has 0 unspecified atom stereocenters. The van der Waals surface area contributed by atoms with Crippen LogP contribution in [0, 0.1) is 0 Å². The van der Waals surface area contributed by atoms with E-state index in [9.17, 15) is 9.59 Å². The highest BCUT2D eigenvalue weighted by Crippen LogP contribution is 2.33. The summed E-state index contributed by atoms with van der Waals surface area (Å²) in [5.74, 6) is 0.282. The molecule has 1 heterocycles. The van der Waals surface area contributed by atoms with Gasteiger partial charge in [-0.1, -0.05) is 36.9 Å². The van der Waals surface area contributed by atoms with Crippen molar-refractivity contribution in [3.8, 4) is 0 Å². The van der Waals surface area contributed by atoms with Gasteiger partial charge in [-0.3, -0.25) is 4.79 Å². The van der Waals surface area contributed by atoms with Crippen LogP contribution in [0.1, 0.15) is 37.2 Å². The predicted octanol–water partition coefficient (Wildman–Crippen LogP) is 3.26. The molecule has 3 rings (SSSR count). The molecule has 2 aliphatic rings. The van der Waals surface area contributed by atoms with Crippen LogP contribution in [0.4, 0.5) is 4.79 Å². The van der Waals surface area contributed by atoms with Crippen molar-refractivity contribution in [2.45, 2.75) is 37.6 Å². The van der Waals surface area contributed by atoms with Crippen LogP contribution in [0.15, 0.2) is 52.8 Å². The summed E-state index contributed by atoms with van der Waals surface area (Å²) in [5.41, 5.74) is 1.97. The predicted molar refractivity (Wildman–Crippen MR) is 96.3 cm³/mol. The SMILES string of the molecule is C=C1NC(=O)NC(C(=O)NC2CCC(c3ccccc3)CC2)=C1Br. The number of nitrogens with one attached hydrogen (secondary N) is 3. The van der Waals surface area contributed by atoms with E-state index in [1.54, 1.807) is 0 Å². The van der Waals surface area contributed by atoms with Crippen molar-refractivity contribution in [3.05, 3.63) is 58.4 Å². The molecule has 1 fully saturated rings. The van der Waals surface area contributed by atoms with Crippen molar-refractivity contribution >= 4 is 27.9 Å². The van der Waals surface area contributed by atoms with Crippen LogP contribution in [0.2, 0.25) is 0 Å². The fourth-order valence-corrected chi connectivity index (χ4v) is 3.63. The quantitative estimate of drug-likeness (QED) is 0.742. The fourth-order valence-electron chi connectivity index (χ4n) is 3.25. The van der Waals surface area contributed by atoms with Crippen LogP contribution >= 0.6 is 15.9 Å². The number of hydrogen-bond acceptors (Lipinski definition) is 2. The summed E-state index contributed by atoms with van der Waals surface area (Å²) in [6, 6.07) is 10.2. The van der Waals surface area contributed by atoms with Gasteiger partial charge < -0.3 is 16.0 Å². The Kier molecular flexibility index (Phi) is 5.04. The molecule has 126 valence electrons. The lowest BCUT2D eigenvalue weighted by molar-refractivity contribution is -0.118. The highest BCUT2D eigenvalue weighted by atomic mass is 79.9. The number of allylic oxidation sites excluding steroid dienone is 1. The summed E-state index contributed by atoms with van der Waals surface area (Å²) in [6.45, 7) is 3.71. The lowest BCUT2D eigenvalue weighted by atomic mass is 9.82. The molecule has 3 amide bonds. The largest absolute Gasteiger partial charge is 0.348 e.